The highest BCUT2D eigenvalue weighted by molar-refractivity contribution is 7.22. The molecule has 0 amide bonds. The number of hydrogen-bond acceptors (Lipinski definition) is 5. The summed E-state index contributed by atoms with van der Waals surface area (Å²) >= 11 is 0.986. The predicted molar refractivity (Wildman–Crippen MR) is 57.6 cm³/mol. The summed E-state index contributed by atoms with van der Waals surface area (Å²) in [5.74, 6) is 0. The molecular weight excluding hydrogens is 214 g/mol. The Balaban J connectivity index is 2.77. The number of nitrogen functional groups attached to an aromatic ring is 1. The third-order valence-electron chi connectivity index (χ3n) is 2.00. The van der Waals surface area contributed by atoms with E-state index in [1.165, 1.54) is 0 Å². The summed E-state index contributed by atoms with van der Waals surface area (Å²) in [6.07, 6.45) is 0. The van der Waals surface area contributed by atoms with E-state index >= 15 is 0 Å². The highest BCUT2D eigenvalue weighted by Crippen LogP contribution is 2.39. The smallest absolute Gasteiger partial charge is 0.348 e. The van der Waals surface area contributed by atoms with Crippen molar-refractivity contribution in [2.45, 2.75) is 0 Å². The molecule has 0 spiro atoms. The third-order valence-corrected chi connectivity index (χ3v) is 3.12. The minimum absolute atomic E-state index is 0.0694. The van der Waals surface area contributed by atoms with Crippen molar-refractivity contribution in [1.82, 2.24) is 0 Å². The summed E-state index contributed by atoms with van der Waals surface area (Å²) in [6, 6.07) is 6.80. The highest BCUT2D eigenvalue weighted by atomic mass is 32.1. The Kier molecular flexibility index (Phi) is 2.02. The number of hydrogen-bond donors (Lipinski definition) is 1. The second-order valence-corrected chi connectivity index (χ2v) is 3.93. The first-order valence-electron chi connectivity index (χ1n) is 4.00. The topological polar surface area (TPSA) is 93.0 Å². The zero-order chi connectivity index (χ0) is 11.0. The molecule has 6 heteroatoms. The molecule has 0 radical (unpaired) electrons. The standard InChI is InChI=1S/C9H5N3O2S/c10-4-5-1-2-6-7(3-5)15-9(8(6)11)12(13)14/h1-3H,11H2. The Hall–Kier alpha value is -2.13. The van der Waals surface area contributed by atoms with Crippen molar-refractivity contribution >= 4 is 32.1 Å². The van der Waals surface area contributed by atoms with E-state index in [2.05, 4.69) is 0 Å². The lowest BCUT2D eigenvalue weighted by atomic mass is 10.2. The van der Waals surface area contributed by atoms with Crippen molar-refractivity contribution < 1.29 is 4.92 Å². The van der Waals surface area contributed by atoms with Gasteiger partial charge in [0.2, 0.25) is 0 Å². The third kappa shape index (κ3) is 1.39. The highest BCUT2D eigenvalue weighted by Gasteiger charge is 2.18. The molecule has 1 aromatic heterocycles. The van der Waals surface area contributed by atoms with Gasteiger partial charge in [0.15, 0.2) is 0 Å². The van der Waals surface area contributed by atoms with Crippen LogP contribution in [0.5, 0.6) is 0 Å². The molecule has 0 fully saturated rings. The zero-order valence-corrected chi connectivity index (χ0v) is 8.25. The van der Waals surface area contributed by atoms with Crippen molar-refractivity contribution in [3.63, 3.8) is 0 Å². The second-order valence-electron chi connectivity index (χ2n) is 2.90. The molecule has 0 unspecified atom stereocenters. The van der Waals surface area contributed by atoms with Crippen LogP contribution in [-0.4, -0.2) is 4.92 Å². The van der Waals surface area contributed by atoms with Crippen LogP contribution in [0.3, 0.4) is 0 Å². The van der Waals surface area contributed by atoms with Crippen molar-refractivity contribution in [2.24, 2.45) is 0 Å². The van der Waals surface area contributed by atoms with Gasteiger partial charge in [-0.05, 0) is 18.2 Å². The Labute approximate surface area is 88.5 Å². The monoisotopic (exact) mass is 219 g/mol. The molecule has 1 heterocycles. The van der Waals surface area contributed by atoms with E-state index in [1.54, 1.807) is 18.2 Å². The number of rotatable bonds is 1. The first-order chi connectivity index (χ1) is 7.13. The van der Waals surface area contributed by atoms with E-state index in [-0.39, 0.29) is 10.7 Å². The number of benzene rings is 1. The molecular formula is C9H5N3O2S. The fourth-order valence-electron chi connectivity index (χ4n) is 1.31. The lowest BCUT2D eigenvalue weighted by Gasteiger charge is -1.90. The second kappa shape index (κ2) is 3.22. The van der Waals surface area contributed by atoms with Crippen LogP contribution in [0.4, 0.5) is 10.7 Å². The molecule has 2 rings (SSSR count). The Bertz CT molecular complexity index is 597. The van der Waals surface area contributed by atoms with Crippen LogP contribution in [0, 0.1) is 21.4 Å². The lowest BCUT2D eigenvalue weighted by Crippen LogP contribution is -1.90. The minimum atomic E-state index is -0.508. The quantitative estimate of drug-likeness (QED) is 0.588. The SMILES string of the molecule is N#Cc1ccc2c(N)c([N+](=O)[O-])sc2c1. The van der Waals surface area contributed by atoms with Gasteiger partial charge in [0, 0.05) is 10.1 Å². The van der Waals surface area contributed by atoms with Gasteiger partial charge in [-0.15, -0.1) is 0 Å². The van der Waals surface area contributed by atoms with Gasteiger partial charge >= 0.3 is 5.00 Å². The van der Waals surface area contributed by atoms with Gasteiger partial charge in [-0.3, -0.25) is 10.1 Å². The maximum atomic E-state index is 10.6. The van der Waals surface area contributed by atoms with E-state index < -0.39 is 4.92 Å². The molecule has 0 atom stereocenters. The maximum Gasteiger partial charge on any atom is 0.348 e. The zero-order valence-electron chi connectivity index (χ0n) is 7.43. The average molecular weight is 219 g/mol. The Morgan fingerprint density at radius 1 is 1.53 bits per heavy atom. The van der Waals surface area contributed by atoms with Crippen LogP contribution in [0.25, 0.3) is 10.1 Å². The van der Waals surface area contributed by atoms with E-state index in [4.69, 9.17) is 11.0 Å². The van der Waals surface area contributed by atoms with Gasteiger partial charge < -0.3 is 5.73 Å². The number of thiophene rings is 1. The fraction of sp³-hybridized carbons (Fsp3) is 0. The van der Waals surface area contributed by atoms with Crippen molar-refractivity contribution in [2.75, 3.05) is 5.73 Å². The van der Waals surface area contributed by atoms with Crippen LogP contribution in [0.1, 0.15) is 5.56 Å². The van der Waals surface area contributed by atoms with Crippen LogP contribution >= 0.6 is 11.3 Å². The molecule has 74 valence electrons. The number of fused-ring (bicyclic) bond motifs is 1. The van der Waals surface area contributed by atoms with Crippen molar-refractivity contribution in [3.05, 3.63) is 33.9 Å². The molecule has 1 aromatic carbocycles. The number of anilines is 1. The predicted octanol–water partition coefficient (Wildman–Crippen LogP) is 2.26. The van der Waals surface area contributed by atoms with Crippen LogP contribution in [-0.2, 0) is 0 Å². The average Bonchev–Trinajstić information content (AvgIpc) is 2.55. The van der Waals surface area contributed by atoms with Gasteiger partial charge in [-0.25, -0.2) is 0 Å². The fourth-order valence-corrected chi connectivity index (χ4v) is 2.29. The summed E-state index contributed by atoms with van der Waals surface area (Å²) in [5, 5.41) is 19.8. The molecule has 0 aliphatic heterocycles. The Morgan fingerprint density at radius 3 is 2.87 bits per heavy atom. The van der Waals surface area contributed by atoms with Gasteiger partial charge in [-0.1, -0.05) is 11.3 Å². The van der Waals surface area contributed by atoms with Crippen molar-refractivity contribution in [1.29, 1.82) is 5.26 Å². The van der Waals surface area contributed by atoms with Crippen LogP contribution in [0.2, 0.25) is 0 Å². The molecule has 15 heavy (non-hydrogen) atoms. The van der Waals surface area contributed by atoms with Crippen LogP contribution in [0.15, 0.2) is 18.2 Å². The first-order valence-corrected chi connectivity index (χ1v) is 4.81. The molecule has 0 aliphatic rings. The van der Waals surface area contributed by atoms with Gasteiger partial charge in [0.1, 0.15) is 5.69 Å². The normalized spacial score (nSPS) is 10.1. The number of nitrogens with two attached hydrogens (primary N) is 1. The molecule has 0 saturated carbocycles. The molecule has 5 nitrogen and oxygen atoms in total. The van der Waals surface area contributed by atoms with E-state index in [9.17, 15) is 10.1 Å². The number of nitrogens with zero attached hydrogens (tertiary/aromatic N) is 2. The summed E-state index contributed by atoms with van der Waals surface area (Å²) in [5.41, 5.74) is 6.26. The van der Waals surface area contributed by atoms with Gasteiger partial charge in [0.25, 0.3) is 0 Å². The van der Waals surface area contributed by atoms with E-state index in [0.29, 0.717) is 15.6 Å². The summed E-state index contributed by atoms with van der Waals surface area (Å²) in [6.45, 7) is 0. The van der Waals surface area contributed by atoms with Gasteiger partial charge in [-0.2, -0.15) is 5.26 Å². The summed E-state index contributed by atoms with van der Waals surface area (Å²) < 4.78 is 0.665. The molecule has 2 aromatic rings. The molecule has 0 bridgehead atoms. The molecule has 0 aliphatic carbocycles. The maximum absolute atomic E-state index is 10.6. The van der Waals surface area contributed by atoms with E-state index in [1.807, 2.05) is 6.07 Å². The van der Waals surface area contributed by atoms with Crippen molar-refractivity contribution in [3.8, 4) is 6.07 Å². The van der Waals surface area contributed by atoms with Crippen LogP contribution < -0.4 is 5.73 Å². The first kappa shape index (κ1) is 9.43. The van der Waals surface area contributed by atoms with E-state index in [0.717, 1.165) is 11.3 Å². The lowest BCUT2D eigenvalue weighted by molar-refractivity contribution is -0.379. The number of nitriles is 1. The minimum Gasteiger partial charge on any atom is -0.392 e. The number of nitro groups is 1. The molecule has 2 N–H and O–H groups in total. The molecule has 0 saturated heterocycles. The Morgan fingerprint density at radius 2 is 2.27 bits per heavy atom. The summed E-state index contributed by atoms with van der Waals surface area (Å²) in [7, 11) is 0. The van der Waals surface area contributed by atoms with Gasteiger partial charge in [0.05, 0.1) is 16.6 Å². The summed E-state index contributed by atoms with van der Waals surface area (Å²) in [4.78, 5) is 10.1. The largest absolute Gasteiger partial charge is 0.392 e.